The van der Waals surface area contributed by atoms with Gasteiger partial charge in [-0.05, 0) is 31.0 Å². The first-order chi connectivity index (χ1) is 9.49. The summed E-state index contributed by atoms with van der Waals surface area (Å²) in [6.07, 6.45) is 3.86. The Hall–Kier alpha value is -0.740. The van der Waals surface area contributed by atoms with E-state index >= 15 is 0 Å². The Kier molecular flexibility index (Phi) is 5.33. The number of aryl methyl sites for hydroxylation is 1. The smallest absolute Gasteiger partial charge is 0.0781 e. The van der Waals surface area contributed by atoms with E-state index in [4.69, 9.17) is 34.8 Å². The van der Waals surface area contributed by atoms with Gasteiger partial charge in [-0.3, -0.25) is 4.68 Å². The molecule has 0 saturated carbocycles. The van der Waals surface area contributed by atoms with Crippen molar-refractivity contribution >= 4 is 34.8 Å². The van der Waals surface area contributed by atoms with Crippen LogP contribution in [0.2, 0.25) is 15.1 Å². The molecule has 1 heterocycles. The Labute approximate surface area is 133 Å². The lowest BCUT2D eigenvalue weighted by Crippen LogP contribution is -2.23. The highest BCUT2D eigenvalue weighted by Gasteiger charge is 2.13. The molecule has 3 nitrogen and oxygen atoms in total. The molecule has 0 amide bonds. The fourth-order valence-electron chi connectivity index (χ4n) is 1.97. The molecule has 0 aliphatic rings. The summed E-state index contributed by atoms with van der Waals surface area (Å²) >= 11 is 18.2. The Bertz CT molecular complexity index is 595. The first kappa shape index (κ1) is 15.6. The van der Waals surface area contributed by atoms with Gasteiger partial charge in [0.05, 0.1) is 27.8 Å². The maximum atomic E-state index is 6.22. The molecule has 1 aromatic heterocycles. The highest BCUT2D eigenvalue weighted by molar-refractivity contribution is 6.48. The van der Waals surface area contributed by atoms with E-state index in [1.807, 2.05) is 37.0 Å². The molecule has 1 unspecified atom stereocenters. The van der Waals surface area contributed by atoms with Gasteiger partial charge in [-0.1, -0.05) is 40.9 Å². The fourth-order valence-corrected chi connectivity index (χ4v) is 2.68. The van der Waals surface area contributed by atoms with Crippen molar-refractivity contribution in [3.63, 3.8) is 0 Å². The van der Waals surface area contributed by atoms with E-state index in [0.29, 0.717) is 15.1 Å². The zero-order valence-electron chi connectivity index (χ0n) is 11.3. The van der Waals surface area contributed by atoms with E-state index in [1.165, 1.54) is 0 Å². The zero-order chi connectivity index (χ0) is 14.7. The maximum Gasteiger partial charge on any atom is 0.0781 e. The number of nitrogens with one attached hydrogen (secondary N) is 1. The average Bonchev–Trinajstić information content (AvgIpc) is 2.82. The number of hydrogen-bond donors (Lipinski definition) is 1. The molecule has 2 aromatic rings. The van der Waals surface area contributed by atoms with Gasteiger partial charge in [0.15, 0.2) is 0 Å². The van der Waals surface area contributed by atoms with E-state index in [0.717, 1.165) is 24.2 Å². The Balaban J connectivity index is 1.95. The Morgan fingerprint density at radius 1 is 1.25 bits per heavy atom. The van der Waals surface area contributed by atoms with E-state index in [1.54, 1.807) is 6.07 Å². The maximum absolute atomic E-state index is 6.22. The van der Waals surface area contributed by atoms with Gasteiger partial charge in [0, 0.05) is 18.8 Å². The second-order valence-electron chi connectivity index (χ2n) is 4.72. The summed E-state index contributed by atoms with van der Waals surface area (Å²) < 4.78 is 1.91. The number of rotatable bonds is 5. The van der Waals surface area contributed by atoms with Gasteiger partial charge in [-0.15, -0.1) is 0 Å². The van der Waals surface area contributed by atoms with Crippen molar-refractivity contribution in [2.24, 2.45) is 0 Å². The van der Waals surface area contributed by atoms with Crippen molar-refractivity contribution in [3.05, 3.63) is 50.7 Å². The number of halogens is 3. The molecule has 0 saturated heterocycles. The highest BCUT2D eigenvalue weighted by atomic mass is 35.5. The minimum Gasteiger partial charge on any atom is -0.308 e. The lowest BCUT2D eigenvalue weighted by Gasteiger charge is -2.17. The predicted molar refractivity (Wildman–Crippen MR) is 84.9 cm³/mol. The molecule has 2 rings (SSSR count). The molecule has 1 aromatic carbocycles. The minimum atomic E-state index is 0.0916. The van der Waals surface area contributed by atoms with Gasteiger partial charge in [-0.2, -0.15) is 5.10 Å². The van der Waals surface area contributed by atoms with Gasteiger partial charge in [0.25, 0.3) is 0 Å². The number of benzene rings is 1. The van der Waals surface area contributed by atoms with Gasteiger partial charge in [-0.25, -0.2) is 0 Å². The summed E-state index contributed by atoms with van der Waals surface area (Å²) in [5.41, 5.74) is 2.10. The summed E-state index contributed by atoms with van der Waals surface area (Å²) in [5, 5.41) is 9.02. The van der Waals surface area contributed by atoms with Gasteiger partial charge in [0.2, 0.25) is 0 Å². The lowest BCUT2D eigenvalue weighted by atomic mass is 10.1. The third-order valence-electron chi connectivity index (χ3n) is 3.09. The van der Waals surface area contributed by atoms with Crippen molar-refractivity contribution in [1.82, 2.24) is 15.1 Å². The molecule has 6 heteroatoms. The molecule has 0 spiro atoms. The normalized spacial score (nSPS) is 12.7. The molecule has 0 aliphatic carbocycles. The second-order valence-corrected chi connectivity index (χ2v) is 5.88. The van der Waals surface area contributed by atoms with E-state index < -0.39 is 0 Å². The van der Waals surface area contributed by atoms with Crippen LogP contribution in [-0.2, 0) is 6.54 Å². The van der Waals surface area contributed by atoms with Crippen molar-refractivity contribution in [3.8, 4) is 0 Å². The zero-order valence-corrected chi connectivity index (χ0v) is 13.6. The first-order valence-electron chi connectivity index (χ1n) is 6.35. The minimum absolute atomic E-state index is 0.0916. The quantitative estimate of drug-likeness (QED) is 0.817. The fraction of sp³-hybridized carbons (Fsp3) is 0.357. The van der Waals surface area contributed by atoms with Crippen molar-refractivity contribution in [2.75, 3.05) is 6.54 Å². The standard InChI is InChI=1S/C14H16Cl3N3/c1-9-7-19-20(8-9)6-5-18-10(2)11-3-4-12(15)14(17)13(11)16/h3-4,7-8,10,18H,5-6H2,1-2H3. The molecule has 0 aliphatic heterocycles. The Morgan fingerprint density at radius 3 is 2.65 bits per heavy atom. The van der Waals surface area contributed by atoms with Crippen molar-refractivity contribution in [1.29, 1.82) is 0 Å². The monoisotopic (exact) mass is 331 g/mol. The molecular formula is C14H16Cl3N3. The van der Waals surface area contributed by atoms with Gasteiger partial charge < -0.3 is 5.32 Å². The Morgan fingerprint density at radius 2 is 2.00 bits per heavy atom. The van der Waals surface area contributed by atoms with E-state index in [9.17, 15) is 0 Å². The third-order valence-corrected chi connectivity index (χ3v) is 4.39. The molecule has 0 radical (unpaired) electrons. The second kappa shape index (κ2) is 6.81. The number of nitrogens with zero attached hydrogens (tertiary/aromatic N) is 2. The summed E-state index contributed by atoms with van der Waals surface area (Å²) in [4.78, 5) is 0. The summed E-state index contributed by atoms with van der Waals surface area (Å²) in [7, 11) is 0. The predicted octanol–water partition coefficient (Wildman–Crippen LogP) is 4.50. The summed E-state index contributed by atoms with van der Waals surface area (Å²) in [6.45, 7) is 5.66. The van der Waals surface area contributed by atoms with Crippen molar-refractivity contribution in [2.45, 2.75) is 26.4 Å². The van der Waals surface area contributed by atoms with Crippen LogP contribution in [0.3, 0.4) is 0 Å². The van der Waals surface area contributed by atoms with Crippen LogP contribution in [0.25, 0.3) is 0 Å². The van der Waals surface area contributed by atoms with Crippen LogP contribution in [0, 0.1) is 6.92 Å². The van der Waals surface area contributed by atoms with Gasteiger partial charge in [0.1, 0.15) is 0 Å². The van der Waals surface area contributed by atoms with Crippen LogP contribution in [0.1, 0.15) is 24.1 Å². The SMILES string of the molecule is Cc1cnn(CCNC(C)c2ccc(Cl)c(Cl)c2Cl)c1. The van der Waals surface area contributed by atoms with Crippen LogP contribution in [-0.4, -0.2) is 16.3 Å². The molecule has 20 heavy (non-hydrogen) atoms. The summed E-state index contributed by atoms with van der Waals surface area (Å²) in [5.74, 6) is 0. The van der Waals surface area contributed by atoms with Crippen LogP contribution in [0.15, 0.2) is 24.5 Å². The van der Waals surface area contributed by atoms with Crippen LogP contribution in [0.5, 0.6) is 0 Å². The van der Waals surface area contributed by atoms with Crippen molar-refractivity contribution < 1.29 is 0 Å². The van der Waals surface area contributed by atoms with Gasteiger partial charge >= 0.3 is 0 Å². The topological polar surface area (TPSA) is 29.9 Å². The largest absolute Gasteiger partial charge is 0.308 e. The molecule has 1 N–H and O–H groups in total. The third kappa shape index (κ3) is 3.67. The molecule has 108 valence electrons. The number of hydrogen-bond acceptors (Lipinski definition) is 2. The van der Waals surface area contributed by atoms with Crippen LogP contribution < -0.4 is 5.32 Å². The van der Waals surface area contributed by atoms with Crippen LogP contribution >= 0.6 is 34.8 Å². The average molecular weight is 333 g/mol. The van der Waals surface area contributed by atoms with E-state index in [2.05, 4.69) is 10.4 Å². The summed E-state index contributed by atoms with van der Waals surface area (Å²) in [6, 6.07) is 3.75. The first-order valence-corrected chi connectivity index (χ1v) is 7.48. The van der Waals surface area contributed by atoms with Crippen LogP contribution in [0.4, 0.5) is 0 Å². The molecule has 1 atom stereocenters. The van der Waals surface area contributed by atoms with E-state index in [-0.39, 0.29) is 6.04 Å². The highest BCUT2D eigenvalue weighted by Crippen LogP contribution is 2.35. The lowest BCUT2D eigenvalue weighted by molar-refractivity contribution is 0.507. The molecule has 0 bridgehead atoms. The number of aromatic nitrogens is 2. The molecule has 0 fully saturated rings. The molecular weight excluding hydrogens is 317 g/mol.